The van der Waals surface area contributed by atoms with Crippen LogP contribution in [-0.4, -0.2) is 6.29 Å². The van der Waals surface area contributed by atoms with Crippen molar-refractivity contribution in [2.24, 2.45) is 0 Å². The molecule has 0 bridgehead atoms. The van der Waals surface area contributed by atoms with Gasteiger partial charge in [-0.05, 0) is 23.3 Å². The third kappa shape index (κ3) is 2.63. The van der Waals surface area contributed by atoms with Gasteiger partial charge in [0.05, 0.1) is 0 Å². The van der Waals surface area contributed by atoms with Gasteiger partial charge < -0.3 is 0 Å². The van der Waals surface area contributed by atoms with Crippen molar-refractivity contribution in [1.82, 2.24) is 0 Å². The number of aldehydes is 1. The summed E-state index contributed by atoms with van der Waals surface area (Å²) < 4.78 is 0. The zero-order valence-electron chi connectivity index (χ0n) is 9.14. The quantitative estimate of drug-likeness (QED) is 0.588. The molecule has 0 unspecified atom stereocenters. The average Bonchev–Trinajstić information content (AvgIpc) is 2.38. The minimum atomic E-state index is 0.643. The molecule has 0 amide bonds. The molecule has 2 aromatic carbocycles. The minimum Gasteiger partial charge on any atom is -0.299 e. The molecule has 0 aliphatic carbocycles. The lowest BCUT2D eigenvalue weighted by molar-refractivity contribution is -0.104. The first-order chi connectivity index (χ1) is 8.33. The van der Waals surface area contributed by atoms with Crippen molar-refractivity contribution in [3.05, 3.63) is 76.8 Å². The van der Waals surface area contributed by atoms with Gasteiger partial charge in [0.25, 0.3) is 0 Å². The number of carbonyl (C=O) groups excluding carboxylic acids is 1. The van der Waals surface area contributed by atoms with Gasteiger partial charge in [0.2, 0.25) is 0 Å². The molecule has 0 aliphatic rings. The minimum absolute atomic E-state index is 0.643. The second kappa shape index (κ2) is 5.46. The molecule has 0 atom stereocenters. The monoisotopic (exact) mass is 242 g/mol. The molecule has 0 saturated heterocycles. The predicted molar refractivity (Wildman–Crippen MR) is 71.0 cm³/mol. The van der Waals surface area contributed by atoms with Crippen molar-refractivity contribution < 1.29 is 4.79 Å². The molecule has 0 saturated carbocycles. The molecule has 0 heterocycles. The molecular formula is C15H11ClO. The average molecular weight is 243 g/mol. The Kier molecular flexibility index (Phi) is 3.73. The SMILES string of the molecule is O=CC=C(c1ccccc1)c1ccccc1Cl. The third-order valence-electron chi connectivity index (χ3n) is 2.48. The molecular weight excluding hydrogens is 232 g/mol. The second-order valence-electron chi connectivity index (χ2n) is 3.56. The summed E-state index contributed by atoms with van der Waals surface area (Å²) in [5, 5.41) is 0.643. The van der Waals surface area contributed by atoms with E-state index in [2.05, 4.69) is 0 Å². The van der Waals surface area contributed by atoms with Gasteiger partial charge in [-0.25, -0.2) is 0 Å². The molecule has 84 valence electrons. The smallest absolute Gasteiger partial charge is 0.143 e. The Morgan fingerprint density at radius 3 is 2.24 bits per heavy atom. The number of carbonyl (C=O) groups is 1. The number of hydrogen-bond acceptors (Lipinski definition) is 1. The van der Waals surface area contributed by atoms with Gasteiger partial charge >= 0.3 is 0 Å². The molecule has 1 nitrogen and oxygen atoms in total. The van der Waals surface area contributed by atoms with Crippen molar-refractivity contribution in [3.63, 3.8) is 0 Å². The molecule has 2 heteroatoms. The van der Waals surface area contributed by atoms with E-state index in [9.17, 15) is 4.79 Å². The Balaban J connectivity index is 2.56. The summed E-state index contributed by atoms with van der Waals surface area (Å²) in [5.74, 6) is 0. The van der Waals surface area contributed by atoms with Crippen LogP contribution in [0.3, 0.4) is 0 Å². The first kappa shape index (κ1) is 11.6. The summed E-state index contributed by atoms with van der Waals surface area (Å²) >= 11 is 6.15. The van der Waals surface area contributed by atoms with Crippen molar-refractivity contribution in [2.45, 2.75) is 0 Å². The first-order valence-corrected chi connectivity index (χ1v) is 5.66. The van der Waals surface area contributed by atoms with E-state index in [4.69, 9.17) is 11.6 Å². The lowest BCUT2D eigenvalue weighted by Gasteiger charge is -2.08. The molecule has 0 spiro atoms. The van der Waals surface area contributed by atoms with E-state index < -0.39 is 0 Å². The van der Waals surface area contributed by atoms with Crippen LogP contribution in [-0.2, 0) is 4.79 Å². The number of hydrogen-bond donors (Lipinski definition) is 0. The maximum absolute atomic E-state index is 10.8. The summed E-state index contributed by atoms with van der Waals surface area (Å²) in [6, 6.07) is 17.2. The van der Waals surface area contributed by atoms with Gasteiger partial charge in [-0.3, -0.25) is 4.79 Å². The molecule has 17 heavy (non-hydrogen) atoms. The van der Waals surface area contributed by atoms with E-state index in [1.54, 1.807) is 0 Å². The maximum atomic E-state index is 10.8. The fraction of sp³-hybridized carbons (Fsp3) is 0. The van der Waals surface area contributed by atoms with Gasteiger partial charge in [-0.1, -0.05) is 60.1 Å². The standard InChI is InChI=1S/C15H11ClO/c16-15-9-5-4-8-14(15)13(10-11-17)12-6-2-1-3-7-12/h1-11H. The van der Waals surface area contributed by atoms with Crippen LogP contribution in [0.25, 0.3) is 5.57 Å². The lowest BCUT2D eigenvalue weighted by atomic mass is 9.98. The molecule has 0 radical (unpaired) electrons. The van der Waals surface area contributed by atoms with Gasteiger partial charge in [0.15, 0.2) is 0 Å². The van der Waals surface area contributed by atoms with Crippen molar-refractivity contribution in [2.75, 3.05) is 0 Å². The molecule has 0 N–H and O–H groups in total. The topological polar surface area (TPSA) is 17.1 Å². The highest BCUT2D eigenvalue weighted by Crippen LogP contribution is 2.28. The molecule has 0 aliphatic heterocycles. The van der Waals surface area contributed by atoms with E-state index >= 15 is 0 Å². The largest absolute Gasteiger partial charge is 0.299 e. The summed E-state index contributed by atoms with van der Waals surface area (Å²) in [6.45, 7) is 0. The fourth-order valence-electron chi connectivity index (χ4n) is 1.71. The zero-order chi connectivity index (χ0) is 12.1. The number of benzene rings is 2. The van der Waals surface area contributed by atoms with Crippen LogP contribution in [0.4, 0.5) is 0 Å². The van der Waals surface area contributed by atoms with Gasteiger partial charge in [0.1, 0.15) is 6.29 Å². The Bertz CT molecular complexity index is 544. The molecule has 2 rings (SSSR count). The summed E-state index contributed by atoms with van der Waals surface area (Å²) in [4.78, 5) is 10.8. The van der Waals surface area contributed by atoms with Crippen LogP contribution < -0.4 is 0 Å². The van der Waals surface area contributed by atoms with Crippen LogP contribution in [0.2, 0.25) is 5.02 Å². The van der Waals surface area contributed by atoms with Gasteiger partial charge in [-0.15, -0.1) is 0 Å². The van der Waals surface area contributed by atoms with Crippen LogP contribution in [0.5, 0.6) is 0 Å². The first-order valence-electron chi connectivity index (χ1n) is 5.28. The molecule has 0 aromatic heterocycles. The van der Waals surface area contributed by atoms with E-state index in [1.807, 2.05) is 54.6 Å². The maximum Gasteiger partial charge on any atom is 0.143 e. The Hall–Kier alpha value is -1.86. The second-order valence-corrected chi connectivity index (χ2v) is 3.97. The number of rotatable bonds is 3. The lowest BCUT2D eigenvalue weighted by Crippen LogP contribution is -1.89. The van der Waals surface area contributed by atoms with Crippen LogP contribution in [0.15, 0.2) is 60.7 Å². The van der Waals surface area contributed by atoms with E-state index in [-0.39, 0.29) is 0 Å². The highest BCUT2D eigenvalue weighted by Gasteiger charge is 2.07. The summed E-state index contributed by atoms with van der Waals surface area (Å²) in [6.07, 6.45) is 2.32. The molecule has 2 aromatic rings. The van der Waals surface area contributed by atoms with Crippen molar-refractivity contribution in [3.8, 4) is 0 Å². The van der Waals surface area contributed by atoms with Crippen molar-refractivity contribution >= 4 is 23.5 Å². The Morgan fingerprint density at radius 1 is 0.941 bits per heavy atom. The predicted octanol–water partition coefficient (Wildman–Crippen LogP) is 3.97. The van der Waals surface area contributed by atoms with E-state index in [0.717, 1.165) is 23.0 Å². The summed E-state index contributed by atoms with van der Waals surface area (Å²) in [5.41, 5.74) is 2.69. The third-order valence-corrected chi connectivity index (χ3v) is 2.81. The highest BCUT2D eigenvalue weighted by atomic mass is 35.5. The fourth-order valence-corrected chi connectivity index (χ4v) is 1.94. The number of halogens is 1. The Labute approximate surface area is 105 Å². The van der Waals surface area contributed by atoms with Crippen LogP contribution >= 0.6 is 11.6 Å². The van der Waals surface area contributed by atoms with Gasteiger partial charge in [0, 0.05) is 10.6 Å². The number of allylic oxidation sites excluding steroid dienone is 1. The zero-order valence-corrected chi connectivity index (χ0v) is 9.89. The van der Waals surface area contributed by atoms with E-state index in [1.165, 1.54) is 6.08 Å². The van der Waals surface area contributed by atoms with Crippen LogP contribution in [0, 0.1) is 0 Å². The Morgan fingerprint density at radius 2 is 1.59 bits per heavy atom. The highest BCUT2D eigenvalue weighted by molar-refractivity contribution is 6.32. The summed E-state index contributed by atoms with van der Waals surface area (Å²) in [7, 11) is 0. The van der Waals surface area contributed by atoms with Gasteiger partial charge in [-0.2, -0.15) is 0 Å². The van der Waals surface area contributed by atoms with E-state index in [0.29, 0.717) is 5.02 Å². The van der Waals surface area contributed by atoms with Crippen molar-refractivity contribution in [1.29, 1.82) is 0 Å². The van der Waals surface area contributed by atoms with Crippen LogP contribution in [0.1, 0.15) is 11.1 Å². The molecule has 0 fully saturated rings. The normalized spacial score (nSPS) is 11.2.